The summed E-state index contributed by atoms with van der Waals surface area (Å²) in [7, 11) is 0. The standard InChI is InChI=1S/C40H72O16/c1-5-9-13-15-19-23-31(45)54-37-36(53-30(44)22-18-12-8-4)28(26-51-29(43)21-17-11-7-3)52-40(38(37)55-32(46)24-20-16-14-10-6-2)56-39(50)35(49)34(48)33(47)27(42)25-41/h27-28,33-42,47-50H,5-26H2,1-4H3/t27-,28-,33-,34+,35+,36-,37+,38+,39?,40-/m1/s1. The van der Waals surface area contributed by atoms with Crippen molar-refractivity contribution >= 4 is 23.9 Å². The fraction of sp³-hybridized carbons (Fsp3) is 0.900. The summed E-state index contributed by atoms with van der Waals surface area (Å²) >= 11 is 0. The van der Waals surface area contributed by atoms with Crippen LogP contribution in [0.25, 0.3) is 0 Å². The summed E-state index contributed by atoms with van der Waals surface area (Å²) in [4.78, 5) is 52.8. The molecule has 0 spiro atoms. The molecule has 10 atom stereocenters. The highest BCUT2D eigenvalue weighted by atomic mass is 16.8. The average molecular weight is 809 g/mol. The number of carbonyl (C=O) groups is 4. The first kappa shape index (κ1) is 51.6. The lowest BCUT2D eigenvalue weighted by Crippen LogP contribution is -2.64. The van der Waals surface area contributed by atoms with Crippen LogP contribution in [0.4, 0.5) is 0 Å². The van der Waals surface area contributed by atoms with Gasteiger partial charge in [0.2, 0.25) is 6.29 Å². The van der Waals surface area contributed by atoms with Crippen molar-refractivity contribution in [3.8, 4) is 0 Å². The maximum Gasteiger partial charge on any atom is 0.306 e. The first-order valence-electron chi connectivity index (χ1n) is 20.9. The molecule has 0 aromatic heterocycles. The number of carbonyl (C=O) groups excluding carboxylic acids is 4. The van der Waals surface area contributed by atoms with Crippen molar-refractivity contribution in [1.82, 2.24) is 0 Å². The van der Waals surface area contributed by atoms with Gasteiger partial charge in [-0.05, 0) is 25.7 Å². The molecule has 16 heteroatoms. The Kier molecular flexibility index (Phi) is 28.2. The number of ether oxygens (including phenoxy) is 6. The topological polar surface area (TPSA) is 245 Å². The molecular weight excluding hydrogens is 736 g/mol. The van der Waals surface area contributed by atoms with Gasteiger partial charge in [0.1, 0.15) is 37.1 Å². The van der Waals surface area contributed by atoms with E-state index in [1.807, 2.05) is 13.8 Å². The van der Waals surface area contributed by atoms with Crippen LogP contribution in [-0.4, -0.2) is 129 Å². The minimum absolute atomic E-state index is 0.00108. The van der Waals surface area contributed by atoms with Gasteiger partial charge in [-0.1, -0.05) is 105 Å². The molecule has 1 unspecified atom stereocenters. The van der Waals surface area contributed by atoms with Crippen LogP contribution >= 0.6 is 0 Å². The molecule has 0 saturated carbocycles. The van der Waals surface area contributed by atoms with Gasteiger partial charge in [-0.25, -0.2) is 0 Å². The molecule has 0 bridgehead atoms. The van der Waals surface area contributed by atoms with E-state index in [1.54, 1.807) is 0 Å². The first-order chi connectivity index (χ1) is 26.8. The van der Waals surface area contributed by atoms with Crippen molar-refractivity contribution in [2.45, 2.75) is 218 Å². The van der Waals surface area contributed by atoms with Gasteiger partial charge >= 0.3 is 23.9 Å². The molecule has 6 N–H and O–H groups in total. The van der Waals surface area contributed by atoms with Crippen LogP contribution in [0, 0.1) is 0 Å². The van der Waals surface area contributed by atoms with Crippen LogP contribution in [-0.2, 0) is 47.6 Å². The highest BCUT2D eigenvalue weighted by molar-refractivity contribution is 5.72. The molecule has 0 aromatic carbocycles. The maximum absolute atomic E-state index is 13.4. The van der Waals surface area contributed by atoms with E-state index in [0.717, 1.165) is 77.0 Å². The van der Waals surface area contributed by atoms with Crippen LogP contribution in [0.2, 0.25) is 0 Å². The van der Waals surface area contributed by atoms with Crippen molar-refractivity contribution in [3.05, 3.63) is 0 Å². The molecule has 0 aliphatic carbocycles. The molecule has 56 heavy (non-hydrogen) atoms. The second-order valence-corrected chi connectivity index (χ2v) is 14.6. The zero-order valence-corrected chi connectivity index (χ0v) is 34.1. The van der Waals surface area contributed by atoms with E-state index in [0.29, 0.717) is 25.7 Å². The molecule has 1 heterocycles. The molecule has 0 radical (unpaired) electrons. The van der Waals surface area contributed by atoms with Gasteiger partial charge in [0.25, 0.3) is 0 Å². The number of unbranched alkanes of at least 4 members (excludes halogenated alkanes) is 12. The molecule has 1 saturated heterocycles. The summed E-state index contributed by atoms with van der Waals surface area (Å²) in [6.45, 7) is 6.54. The van der Waals surface area contributed by atoms with Crippen LogP contribution in [0.15, 0.2) is 0 Å². The van der Waals surface area contributed by atoms with Crippen molar-refractivity contribution in [2.75, 3.05) is 13.2 Å². The third kappa shape index (κ3) is 20.3. The minimum atomic E-state index is -2.40. The molecule has 0 amide bonds. The Balaban J connectivity index is 3.64. The Hall–Kier alpha value is -2.44. The minimum Gasteiger partial charge on any atom is -0.463 e. The second-order valence-electron chi connectivity index (χ2n) is 14.6. The number of aliphatic hydroxyl groups excluding tert-OH is 6. The first-order valence-corrected chi connectivity index (χ1v) is 20.9. The van der Waals surface area contributed by atoms with Crippen LogP contribution in [0.3, 0.4) is 0 Å². The van der Waals surface area contributed by atoms with E-state index in [4.69, 9.17) is 28.4 Å². The van der Waals surface area contributed by atoms with E-state index in [9.17, 15) is 49.8 Å². The Labute approximate surface area is 332 Å². The Morgan fingerprint density at radius 3 is 1.41 bits per heavy atom. The lowest BCUT2D eigenvalue weighted by molar-refractivity contribution is -0.349. The summed E-state index contributed by atoms with van der Waals surface area (Å²) in [5, 5.41) is 61.3. The third-order valence-corrected chi connectivity index (χ3v) is 9.59. The second kappa shape index (κ2) is 30.6. The molecule has 328 valence electrons. The van der Waals surface area contributed by atoms with Crippen molar-refractivity contribution in [3.63, 3.8) is 0 Å². The Morgan fingerprint density at radius 1 is 0.518 bits per heavy atom. The fourth-order valence-corrected chi connectivity index (χ4v) is 6.11. The SMILES string of the molecule is CCCCCCCC(=O)O[C@@H]1[C@H](OC(=O)CCCCCCC)[C@@H](OC(O)[C@@H](O)[C@@H](O)[C@H](O)[C@H](O)CO)O[C@H](COC(=O)CCCCC)[C@H]1OC(=O)CCCCC. The van der Waals surface area contributed by atoms with Gasteiger partial charge in [-0.2, -0.15) is 0 Å². The lowest BCUT2D eigenvalue weighted by Gasteiger charge is -2.45. The van der Waals surface area contributed by atoms with Crippen molar-refractivity contribution in [1.29, 1.82) is 0 Å². The van der Waals surface area contributed by atoms with Gasteiger partial charge in [0.15, 0.2) is 24.6 Å². The van der Waals surface area contributed by atoms with E-state index in [1.165, 1.54) is 0 Å². The number of rotatable bonds is 32. The highest BCUT2D eigenvalue weighted by Gasteiger charge is 2.54. The molecule has 1 fully saturated rings. The van der Waals surface area contributed by atoms with Gasteiger partial charge in [-0.3, -0.25) is 19.2 Å². The van der Waals surface area contributed by atoms with Gasteiger partial charge in [0, 0.05) is 25.7 Å². The van der Waals surface area contributed by atoms with Crippen LogP contribution < -0.4 is 0 Å². The molecule has 16 nitrogen and oxygen atoms in total. The summed E-state index contributed by atoms with van der Waals surface area (Å²) in [5.41, 5.74) is 0. The van der Waals surface area contributed by atoms with Crippen LogP contribution in [0.1, 0.15) is 156 Å². The average Bonchev–Trinajstić information content (AvgIpc) is 3.18. The summed E-state index contributed by atoms with van der Waals surface area (Å²) in [5.74, 6) is -2.73. The lowest BCUT2D eigenvalue weighted by atomic mass is 9.97. The smallest absolute Gasteiger partial charge is 0.306 e. The van der Waals surface area contributed by atoms with E-state index in [2.05, 4.69) is 13.8 Å². The number of esters is 4. The number of hydrogen-bond donors (Lipinski definition) is 6. The quantitative estimate of drug-likeness (QED) is 0.0246. The molecule has 1 aliphatic rings. The van der Waals surface area contributed by atoms with E-state index >= 15 is 0 Å². The number of hydrogen-bond acceptors (Lipinski definition) is 16. The van der Waals surface area contributed by atoms with Crippen molar-refractivity contribution < 1.29 is 78.2 Å². The molecule has 0 aromatic rings. The number of aliphatic hydroxyl groups is 6. The fourth-order valence-electron chi connectivity index (χ4n) is 6.11. The monoisotopic (exact) mass is 808 g/mol. The van der Waals surface area contributed by atoms with E-state index in [-0.39, 0.29) is 25.7 Å². The molecule has 1 rings (SSSR count). The zero-order chi connectivity index (χ0) is 41.9. The summed E-state index contributed by atoms with van der Waals surface area (Å²) in [6.07, 6.45) is -6.72. The zero-order valence-electron chi connectivity index (χ0n) is 34.1. The van der Waals surface area contributed by atoms with Crippen LogP contribution in [0.5, 0.6) is 0 Å². The predicted molar refractivity (Wildman–Crippen MR) is 203 cm³/mol. The summed E-state index contributed by atoms with van der Waals surface area (Å²) in [6, 6.07) is 0. The van der Waals surface area contributed by atoms with Gasteiger partial charge in [-0.15, -0.1) is 0 Å². The van der Waals surface area contributed by atoms with Gasteiger partial charge in [0.05, 0.1) is 6.61 Å². The van der Waals surface area contributed by atoms with Crippen molar-refractivity contribution in [2.24, 2.45) is 0 Å². The normalized spacial score (nSPS) is 22.4. The predicted octanol–water partition coefficient (Wildman–Crippen LogP) is 3.64. The highest BCUT2D eigenvalue weighted by Crippen LogP contribution is 2.32. The Morgan fingerprint density at radius 2 is 0.929 bits per heavy atom. The Bertz CT molecular complexity index is 1070. The largest absolute Gasteiger partial charge is 0.463 e. The van der Waals surface area contributed by atoms with Gasteiger partial charge < -0.3 is 59.1 Å². The summed E-state index contributed by atoms with van der Waals surface area (Å²) < 4.78 is 34.9. The third-order valence-electron chi connectivity index (χ3n) is 9.59. The van der Waals surface area contributed by atoms with E-state index < -0.39 is 98.5 Å². The molecular formula is C40H72O16. The maximum atomic E-state index is 13.4. The molecule has 1 aliphatic heterocycles.